The third kappa shape index (κ3) is 9.17. The fourth-order valence-corrected chi connectivity index (χ4v) is 5.80. The summed E-state index contributed by atoms with van der Waals surface area (Å²) >= 11 is 0. The van der Waals surface area contributed by atoms with Crippen molar-refractivity contribution in [3.8, 4) is 5.75 Å². The van der Waals surface area contributed by atoms with Gasteiger partial charge in [-0.15, -0.1) is 0 Å². The van der Waals surface area contributed by atoms with Gasteiger partial charge in [0.05, 0.1) is 25.4 Å². The van der Waals surface area contributed by atoms with E-state index in [1.54, 1.807) is 0 Å². The SMILES string of the molecule is CCCC[Si](C)(C)CCCCOc1ccc(CCC(N)(CO)CO)cc1. The quantitative estimate of drug-likeness (QED) is 0.337. The Morgan fingerprint density at radius 1 is 1.00 bits per heavy atom. The minimum atomic E-state index is -0.994. The predicted molar refractivity (Wildman–Crippen MR) is 113 cm³/mol. The van der Waals surface area contributed by atoms with Crippen LogP contribution in [0.5, 0.6) is 5.75 Å². The number of ether oxygens (including phenoxy) is 1. The van der Waals surface area contributed by atoms with Gasteiger partial charge in [0.15, 0.2) is 0 Å². The molecule has 0 bridgehead atoms. The van der Waals surface area contributed by atoms with Crippen LogP contribution in [0.25, 0.3) is 0 Å². The van der Waals surface area contributed by atoms with Crippen LogP contribution in [-0.4, -0.2) is 43.6 Å². The van der Waals surface area contributed by atoms with Crippen LogP contribution in [0.2, 0.25) is 25.2 Å². The van der Waals surface area contributed by atoms with Crippen molar-refractivity contribution in [2.75, 3.05) is 19.8 Å². The van der Waals surface area contributed by atoms with Crippen LogP contribution in [0.3, 0.4) is 0 Å². The van der Waals surface area contributed by atoms with E-state index < -0.39 is 13.6 Å². The van der Waals surface area contributed by atoms with Crippen LogP contribution >= 0.6 is 0 Å². The second-order valence-electron chi connectivity index (χ2n) is 8.40. The lowest BCUT2D eigenvalue weighted by Gasteiger charge is -2.24. The molecule has 26 heavy (non-hydrogen) atoms. The molecule has 1 aromatic carbocycles. The van der Waals surface area contributed by atoms with Crippen LogP contribution in [0.15, 0.2) is 24.3 Å². The summed E-state index contributed by atoms with van der Waals surface area (Å²) < 4.78 is 5.86. The van der Waals surface area contributed by atoms with E-state index in [-0.39, 0.29) is 13.2 Å². The van der Waals surface area contributed by atoms with Crippen molar-refractivity contribution in [2.24, 2.45) is 5.73 Å². The van der Waals surface area contributed by atoms with E-state index >= 15 is 0 Å². The molecule has 0 aliphatic carbocycles. The van der Waals surface area contributed by atoms with Gasteiger partial charge in [-0.2, -0.15) is 0 Å². The molecule has 0 radical (unpaired) electrons. The Bertz CT molecular complexity index is 487. The summed E-state index contributed by atoms with van der Waals surface area (Å²) in [5.41, 5.74) is 6.14. The summed E-state index contributed by atoms with van der Waals surface area (Å²) in [4.78, 5) is 0. The highest BCUT2D eigenvalue weighted by atomic mass is 28.3. The Hall–Kier alpha value is -0.883. The van der Waals surface area contributed by atoms with E-state index in [1.807, 2.05) is 24.3 Å². The molecular weight excluding hydrogens is 342 g/mol. The average Bonchev–Trinajstić information content (AvgIpc) is 2.65. The molecule has 1 rings (SSSR count). The molecule has 150 valence electrons. The first-order valence-electron chi connectivity index (χ1n) is 10.1. The van der Waals surface area contributed by atoms with Crippen molar-refractivity contribution in [2.45, 2.75) is 76.2 Å². The highest BCUT2D eigenvalue weighted by Gasteiger charge is 2.22. The van der Waals surface area contributed by atoms with Gasteiger partial charge < -0.3 is 20.7 Å². The van der Waals surface area contributed by atoms with E-state index in [9.17, 15) is 10.2 Å². The maximum absolute atomic E-state index is 9.24. The summed E-state index contributed by atoms with van der Waals surface area (Å²) in [5.74, 6) is 0.902. The fraction of sp³-hybridized carbons (Fsp3) is 0.714. The predicted octanol–water partition coefficient (Wildman–Crippen LogP) is 3.97. The lowest BCUT2D eigenvalue weighted by atomic mass is 9.94. The summed E-state index contributed by atoms with van der Waals surface area (Å²) in [6.07, 6.45) is 6.36. The normalized spacial score (nSPS) is 12.4. The molecule has 0 heterocycles. The van der Waals surface area contributed by atoms with Gasteiger partial charge in [-0.25, -0.2) is 0 Å². The standard InChI is InChI=1S/C21H39NO3Si/c1-4-5-15-26(2,3)16-7-6-14-25-20-10-8-19(9-11-20)12-13-21(22,17-23)18-24/h8-11,23-24H,4-7,12-18,22H2,1-3H3. The maximum Gasteiger partial charge on any atom is 0.119 e. The molecule has 4 N–H and O–H groups in total. The van der Waals surface area contributed by atoms with E-state index in [2.05, 4.69) is 20.0 Å². The van der Waals surface area contributed by atoms with E-state index in [4.69, 9.17) is 10.5 Å². The molecule has 0 aliphatic rings. The van der Waals surface area contributed by atoms with Crippen LogP contribution in [0, 0.1) is 0 Å². The smallest absolute Gasteiger partial charge is 0.119 e. The van der Waals surface area contributed by atoms with Gasteiger partial charge in [-0.05, 0) is 37.0 Å². The van der Waals surface area contributed by atoms with Gasteiger partial charge in [-0.3, -0.25) is 0 Å². The molecule has 0 aliphatic heterocycles. The molecule has 0 saturated heterocycles. The largest absolute Gasteiger partial charge is 0.494 e. The number of aliphatic hydroxyl groups excluding tert-OH is 2. The highest BCUT2D eigenvalue weighted by molar-refractivity contribution is 6.77. The first-order chi connectivity index (χ1) is 12.3. The first-order valence-corrected chi connectivity index (χ1v) is 13.5. The Kier molecular flexibility index (Phi) is 10.5. The average molecular weight is 382 g/mol. The number of aliphatic hydroxyl groups is 2. The van der Waals surface area contributed by atoms with Crippen LogP contribution in [0.4, 0.5) is 0 Å². The number of unbranched alkanes of at least 4 members (excludes halogenated alkanes) is 2. The van der Waals surface area contributed by atoms with Crippen molar-refractivity contribution in [3.05, 3.63) is 29.8 Å². The zero-order valence-corrected chi connectivity index (χ0v) is 18.0. The number of hydrogen-bond acceptors (Lipinski definition) is 4. The van der Waals surface area contributed by atoms with E-state index in [1.165, 1.54) is 31.4 Å². The minimum absolute atomic E-state index is 0.206. The molecule has 4 nitrogen and oxygen atoms in total. The zero-order chi connectivity index (χ0) is 19.5. The summed E-state index contributed by atoms with van der Waals surface area (Å²) in [6.45, 7) is 7.65. The highest BCUT2D eigenvalue weighted by Crippen LogP contribution is 2.22. The Balaban J connectivity index is 2.26. The number of rotatable bonds is 14. The van der Waals surface area contributed by atoms with E-state index in [0.717, 1.165) is 30.8 Å². The van der Waals surface area contributed by atoms with Gasteiger partial charge in [0, 0.05) is 8.07 Å². The van der Waals surface area contributed by atoms with Crippen LogP contribution in [0.1, 0.15) is 44.6 Å². The van der Waals surface area contributed by atoms with Crippen LogP contribution < -0.4 is 10.5 Å². The number of benzene rings is 1. The fourth-order valence-electron chi connectivity index (χ4n) is 3.03. The monoisotopic (exact) mass is 381 g/mol. The first kappa shape index (κ1) is 23.2. The molecule has 0 saturated carbocycles. The van der Waals surface area contributed by atoms with Crippen LogP contribution in [-0.2, 0) is 6.42 Å². The zero-order valence-electron chi connectivity index (χ0n) is 17.0. The lowest BCUT2D eigenvalue weighted by Crippen LogP contribution is -2.47. The van der Waals surface area contributed by atoms with Crippen molar-refractivity contribution >= 4 is 8.07 Å². The topological polar surface area (TPSA) is 75.7 Å². The summed E-state index contributed by atoms with van der Waals surface area (Å²) in [6, 6.07) is 10.9. The third-order valence-electron chi connectivity index (χ3n) is 5.19. The molecule has 0 amide bonds. The Morgan fingerprint density at radius 3 is 2.19 bits per heavy atom. The minimum Gasteiger partial charge on any atom is -0.494 e. The summed E-state index contributed by atoms with van der Waals surface area (Å²) in [7, 11) is -0.994. The van der Waals surface area contributed by atoms with Crippen molar-refractivity contribution < 1.29 is 14.9 Å². The third-order valence-corrected chi connectivity index (χ3v) is 8.60. The number of aryl methyl sites for hydroxylation is 1. The van der Waals surface area contributed by atoms with Gasteiger partial charge in [0.1, 0.15) is 5.75 Å². The lowest BCUT2D eigenvalue weighted by molar-refractivity contribution is 0.115. The van der Waals surface area contributed by atoms with Gasteiger partial charge in [0.2, 0.25) is 0 Å². The maximum atomic E-state index is 9.24. The molecule has 0 aromatic heterocycles. The molecule has 0 spiro atoms. The van der Waals surface area contributed by atoms with Gasteiger partial charge in [-0.1, -0.05) is 63.5 Å². The van der Waals surface area contributed by atoms with E-state index in [0.29, 0.717) is 6.42 Å². The second-order valence-corrected chi connectivity index (χ2v) is 13.7. The molecular formula is C21H39NO3Si. The number of hydrogen-bond donors (Lipinski definition) is 3. The van der Waals surface area contributed by atoms with Gasteiger partial charge in [0.25, 0.3) is 0 Å². The molecule has 0 fully saturated rings. The molecule has 1 aromatic rings. The molecule has 5 heteroatoms. The van der Waals surface area contributed by atoms with Crippen molar-refractivity contribution in [1.82, 2.24) is 0 Å². The Morgan fingerprint density at radius 2 is 1.62 bits per heavy atom. The second kappa shape index (κ2) is 11.8. The van der Waals surface area contributed by atoms with Crippen molar-refractivity contribution in [3.63, 3.8) is 0 Å². The summed E-state index contributed by atoms with van der Waals surface area (Å²) in [5, 5.41) is 18.5. The molecule has 0 unspecified atom stereocenters. The van der Waals surface area contributed by atoms with Gasteiger partial charge >= 0.3 is 0 Å². The molecule has 0 atom stereocenters. The number of nitrogens with two attached hydrogens (primary N) is 1. The van der Waals surface area contributed by atoms with Crippen molar-refractivity contribution in [1.29, 1.82) is 0 Å². The Labute approximate surface area is 160 Å².